The number of unbranched alkanes of at least 4 members (excludes halogenated alkanes) is 10. The third kappa shape index (κ3) is 40.9. The van der Waals surface area contributed by atoms with Crippen molar-refractivity contribution in [2.24, 2.45) is 0 Å². The average molecular weight is 881 g/mol. The number of likely N-dealkylation sites (N-methyl/N-ethyl adjacent to an activating group) is 1. The lowest BCUT2D eigenvalue weighted by Crippen LogP contribution is -2.37. The van der Waals surface area contributed by atoms with Gasteiger partial charge in [0.15, 0.2) is 6.10 Å². The first-order valence-electron chi connectivity index (χ1n) is 22.6. The van der Waals surface area contributed by atoms with E-state index in [4.69, 9.17) is 18.5 Å². The zero-order chi connectivity index (χ0) is 45.5. The van der Waals surface area contributed by atoms with Crippen LogP contribution >= 0.6 is 7.82 Å². The fourth-order valence-electron chi connectivity index (χ4n) is 5.56. The number of carbonyl (C=O) groups excluding carboxylic acids is 2. The monoisotopic (exact) mass is 881 g/mol. The largest absolute Gasteiger partial charge is 0.472 e. The summed E-state index contributed by atoms with van der Waals surface area (Å²) in [6.45, 7) is 3.78. The smallest absolute Gasteiger partial charge is 0.462 e. The van der Waals surface area contributed by atoms with Crippen molar-refractivity contribution in [3.05, 3.63) is 85.1 Å². The van der Waals surface area contributed by atoms with E-state index >= 15 is 0 Å². The predicted octanol–water partition coefficient (Wildman–Crippen LogP) is 9.71. The molecule has 13 heteroatoms. The van der Waals surface area contributed by atoms with Gasteiger partial charge in [0, 0.05) is 12.8 Å². The molecule has 350 valence electrons. The summed E-state index contributed by atoms with van der Waals surface area (Å²) in [5.41, 5.74) is 0. The Morgan fingerprint density at radius 3 is 1.89 bits per heavy atom. The first kappa shape index (κ1) is 58.1. The number of allylic oxidation sites excluding steroid dienone is 11. The molecular weight excluding hydrogens is 797 g/mol. The van der Waals surface area contributed by atoms with E-state index in [1.165, 1.54) is 44.6 Å². The van der Waals surface area contributed by atoms with Crippen molar-refractivity contribution in [1.29, 1.82) is 0 Å². The highest BCUT2D eigenvalue weighted by atomic mass is 31.2. The quantitative estimate of drug-likeness (QED) is 0.0116. The normalized spacial score (nSPS) is 15.9. The maximum atomic E-state index is 12.7. The number of rotatable bonds is 39. The Morgan fingerprint density at radius 2 is 1.25 bits per heavy atom. The van der Waals surface area contributed by atoms with Crippen LogP contribution in [0.1, 0.15) is 136 Å². The van der Waals surface area contributed by atoms with Gasteiger partial charge in [-0.15, -0.1) is 0 Å². The second-order valence-electron chi connectivity index (χ2n) is 16.3. The van der Waals surface area contributed by atoms with E-state index in [0.717, 1.165) is 44.9 Å². The molecule has 0 aromatic rings. The SMILES string of the molecule is CC/C=C\C[C@@H](O)/C=C/C=C/C=C\C=C/[C@H](O)[C@@H](O)CCCC(=O)OC[C@H](COP(=O)(O)OCC[N+](C)(C)C)OC(=O)CCCCCCCCC/C=C\C/C=C\CCCCC. The van der Waals surface area contributed by atoms with Crippen LogP contribution in [0.5, 0.6) is 0 Å². The Labute approximate surface area is 369 Å². The van der Waals surface area contributed by atoms with E-state index < -0.39 is 57.4 Å². The minimum Gasteiger partial charge on any atom is -0.462 e. The van der Waals surface area contributed by atoms with E-state index in [-0.39, 0.29) is 32.3 Å². The lowest BCUT2D eigenvalue weighted by molar-refractivity contribution is -0.870. The molecule has 5 atom stereocenters. The third-order valence-corrected chi connectivity index (χ3v) is 10.2. The summed E-state index contributed by atoms with van der Waals surface area (Å²) in [5, 5.41) is 30.5. The molecular formula is C48H83NO11P+. The van der Waals surface area contributed by atoms with Crippen molar-refractivity contribution >= 4 is 19.8 Å². The minimum absolute atomic E-state index is 0.0304. The number of carbonyl (C=O) groups is 2. The summed E-state index contributed by atoms with van der Waals surface area (Å²) in [5.74, 6) is -1.15. The Hall–Kier alpha value is -2.93. The van der Waals surface area contributed by atoms with Gasteiger partial charge in [-0.25, -0.2) is 4.57 Å². The highest BCUT2D eigenvalue weighted by molar-refractivity contribution is 7.47. The topological polar surface area (TPSA) is 169 Å². The number of hydrogen-bond donors (Lipinski definition) is 4. The van der Waals surface area contributed by atoms with Gasteiger partial charge >= 0.3 is 19.8 Å². The molecule has 0 radical (unpaired) electrons. The van der Waals surface area contributed by atoms with Gasteiger partial charge in [0.25, 0.3) is 0 Å². The summed E-state index contributed by atoms with van der Waals surface area (Å²) >= 11 is 0. The molecule has 0 bridgehead atoms. The number of nitrogens with zero attached hydrogens (tertiary/aromatic N) is 1. The molecule has 0 heterocycles. The molecule has 0 aromatic carbocycles. The van der Waals surface area contributed by atoms with E-state index in [9.17, 15) is 34.4 Å². The van der Waals surface area contributed by atoms with Crippen LogP contribution in [0, 0.1) is 0 Å². The summed E-state index contributed by atoms with van der Waals surface area (Å²) in [6.07, 6.45) is 38.6. The van der Waals surface area contributed by atoms with Gasteiger partial charge in [-0.2, -0.15) is 0 Å². The lowest BCUT2D eigenvalue weighted by atomic mass is 10.1. The Bertz CT molecular complexity index is 1370. The van der Waals surface area contributed by atoms with E-state index in [1.807, 2.05) is 40.2 Å². The van der Waals surface area contributed by atoms with Gasteiger partial charge in [0.05, 0.1) is 46.1 Å². The lowest BCUT2D eigenvalue weighted by Gasteiger charge is -2.24. The van der Waals surface area contributed by atoms with Crippen molar-refractivity contribution < 1.29 is 57.4 Å². The zero-order valence-electron chi connectivity index (χ0n) is 38.2. The van der Waals surface area contributed by atoms with Gasteiger partial charge < -0.3 is 34.2 Å². The molecule has 0 rings (SSSR count). The molecule has 4 N–H and O–H groups in total. The van der Waals surface area contributed by atoms with E-state index in [0.29, 0.717) is 23.9 Å². The molecule has 0 fully saturated rings. The molecule has 0 aliphatic heterocycles. The summed E-state index contributed by atoms with van der Waals surface area (Å²) in [6, 6.07) is 0. The number of esters is 2. The molecule has 0 saturated carbocycles. The zero-order valence-corrected chi connectivity index (χ0v) is 39.1. The van der Waals surface area contributed by atoms with E-state index in [1.54, 1.807) is 42.5 Å². The molecule has 0 saturated heterocycles. The van der Waals surface area contributed by atoms with E-state index in [2.05, 4.69) is 31.2 Å². The van der Waals surface area contributed by atoms with Gasteiger partial charge in [0.2, 0.25) is 0 Å². The Kier molecular flexibility index (Phi) is 36.9. The molecule has 61 heavy (non-hydrogen) atoms. The third-order valence-electron chi connectivity index (χ3n) is 9.25. The van der Waals surface area contributed by atoms with Crippen LogP contribution < -0.4 is 0 Å². The number of phosphoric ester groups is 1. The second kappa shape index (κ2) is 38.7. The van der Waals surface area contributed by atoms with Crippen LogP contribution in [-0.2, 0) is 32.7 Å². The molecule has 0 spiro atoms. The minimum atomic E-state index is -4.47. The van der Waals surface area contributed by atoms with Gasteiger partial charge in [0.1, 0.15) is 19.8 Å². The van der Waals surface area contributed by atoms with Crippen LogP contribution in [0.15, 0.2) is 85.1 Å². The maximum Gasteiger partial charge on any atom is 0.472 e. The van der Waals surface area contributed by atoms with Crippen LogP contribution in [0.2, 0.25) is 0 Å². The molecule has 0 aromatic heterocycles. The number of phosphoric acid groups is 1. The second-order valence-corrected chi connectivity index (χ2v) is 17.7. The average Bonchev–Trinajstić information content (AvgIpc) is 3.20. The molecule has 0 aliphatic rings. The van der Waals surface area contributed by atoms with Gasteiger partial charge in [-0.3, -0.25) is 18.6 Å². The summed E-state index contributed by atoms with van der Waals surface area (Å²) in [4.78, 5) is 35.5. The van der Waals surface area contributed by atoms with Gasteiger partial charge in [-0.05, 0) is 64.2 Å². The number of ether oxygens (including phenoxy) is 2. The van der Waals surface area contributed by atoms with Gasteiger partial charge in [-0.1, -0.05) is 144 Å². The predicted molar refractivity (Wildman–Crippen MR) is 247 cm³/mol. The van der Waals surface area contributed by atoms with Crippen molar-refractivity contribution in [3.8, 4) is 0 Å². The number of hydrogen-bond acceptors (Lipinski definition) is 10. The first-order chi connectivity index (χ1) is 29.2. The van der Waals surface area contributed by atoms with Crippen LogP contribution in [0.3, 0.4) is 0 Å². The van der Waals surface area contributed by atoms with Crippen LogP contribution in [0.4, 0.5) is 0 Å². The van der Waals surface area contributed by atoms with Crippen molar-refractivity contribution in [2.75, 3.05) is 47.5 Å². The molecule has 1 unspecified atom stereocenters. The fraction of sp³-hybridized carbons (Fsp3) is 0.667. The van der Waals surface area contributed by atoms with Crippen LogP contribution in [0.25, 0.3) is 0 Å². The van der Waals surface area contributed by atoms with Crippen molar-refractivity contribution in [2.45, 2.75) is 160 Å². The molecule has 12 nitrogen and oxygen atoms in total. The van der Waals surface area contributed by atoms with Crippen molar-refractivity contribution in [3.63, 3.8) is 0 Å². The number of aliphatic hydroxyl groups excluding tert-OH is 3. The Morgan fingerprint density at radius 1 is 0.656 bits per heavy atom. The maximum absolute atomic E-state index is 12.7. The fourth-order valence-corrected chi connectivity index (χ4v) is 6.30. The van der Waals surface area contributed by atoms with Crippen molar-refractivity contribution in [1.82, 2.24) is 0 Å². The standard InChI is InChI=1S/C48H82NO11P/c1-6-8-10-11-12-13-14-15-16-17-18-19-20-21-22-27-31-37-48(54)60-44(42-59-61(55,56)58-40-39-49(3,4)5)41-57-47(53)38-32-36-46(52)45(51)35-30-26-24-23-25-29-34-43(50)33-28-9-7-2/h9,12-13,15-16,23-26,28-30,34-35,43-46,50-52H,6-8,10-11,14,17-22,27,31-33,36-42H2,1-5H3/p+1/b13-12-,16-15-,25-23+,26-24-,28-9-,34-29+,35-30-/t43-,44-,45+,46+/m1/s1. The Balaban J connectivity index is 4.69. The van der Waals surface area contributed by atoms with Crippen LogP contribution in [-0.4, -0.2) is 109 Å². The highest BCUT2D eigenvalue weighted by Gasteiger charge is 2.27. The highest BCUT2D eigenvalue weighted by Crippen LogP contribution is 2.43. The summed E-state index contributed by atoms with van der Waals surface area (Å²) in [7, 11) is 1.27. The molecule has 0 amide bonds. The summed E-state index contributed by atoms with van der Waals surface area (Å²) < 4.78 is 34.0. The number of aliphatic hydroxyl groups is 3. The molecule has 0 aliphatic carbocycles. The first-order valence-corrected chi connectivity index (χ1v) is 24.1. The number of quaternary nitrogens is 1.